The first-order valence-electron chi connectivity index (χ1n) is 3.44. The second-order valence-electron chi connectivity index (χ2n) is 2.26. The van der Waals surface area contributed by atoms with Crippen LogP contribution in [0.15, 0.2) is 18.2 Å². The molecule has 5 nitrogen and oxygen atoms in total. The zero-order valence-electron chi connectivity index (χ0n) is 6.53. The molecule has 0 aliphatic rings. The molecule has 0 radical (unpaired) electrons. The first-order chi connectivity index (χ1) is 6.15. The topological polar surface area (TPSA) is 75.4 Å². The highest BCUT2D eigenvalue weighted by molar-refractivity contribution is 6.33. The molecule has 1 aromatic carbocycles. The molecule has 0 unspecified atom stereocenters. The Kier molecular flexibility index (Phi) is 3.05. The lowest BCUT2D eigenvalue weighted by Crippen LogP contribution is -2.00. The quantitative estimate of drug-likeness (QED) is 0.444. The number of non-ortho nitro benzene ring substituents is 1. The number of anilines is 1. The maximum atomic E-state index is 10.3. The van der Waals surface area contributed by atoms with Crippen LogP contribution in [0.4, 0.5) is 11.4 Å². The predicted octanol–water partition coefficient (Wildman–Crippen LogP) is 1.61. The predicted molar refractivity (Wildman–Crippen MR) is 48.8 cm³/mol. The molecule has 0 saturated heterocycles. The largest absolute Gasteiger partial charge is 0.377 e. The van der Waals surface area contributed by atoms with E-state index in [1.165, 1.54) is 18.2 Å². The van der Waals surface area contributed by atoms with Crippen LogP contribution in [0.1, 0.15) is 0 Å². The zero-order chi connectivity index (χ0) is 9.84. The molecule has 0 amide bonds. The first-order valence-corrected chi connectivity index (χ1v) is 3.81. The standard InChI is InChI=1S/C7H7ClN2O3/c8-6-3-5(10(12)13)1-2-7(6)9-4-11/h1-3,9,11H,4H2. The molecule has 0 saturated carbocycles. The Morgan fingerprint density at radius 3 is 2.77 bits per heavy atom. The van der Waals surface area contributed by atoms with Crippen LogP contribution >= 0.6 is 11.6 Å². The highest BCUT2D eigenvalue weighted by atomic mass is 35.5. The third-order valence-corrected chi connectivity index (χ3v) is 1.75. The van der Waals surface area contributed by atoms with Gasteiger partial charge in [0.05, 0.1) is 15.6 Å². The first kappa shape index (κ1) is 9.76. The van der Waals surface area contributed by atoms with Gasteiger partial charge in [0, 0.05) is 12.1 Å². The average molecular weight is 203 g/mol. The lowest BCUT2D eigenvalue weighted by Gasteiger charge is -2.03. The van der Waals surface area contributed by atoms with Gasteiger partial charge in [0.2, 0.25) is 0 Å². The highest BCUT2D eigenvalue weighted by Crippen LogP contribution is 2.26. The summed E-state index contributed by atoms with van der Waals surface area (Å²) < 4.78 is 0. The molecule has 0 heterocycles. The van der Waals surface area contributed by atoms with Gasteiger partial charge in [-0.05, 0) is 6.07 Å². The summed E-state index contributed by atoms with van der Waals surface area (Å²) in [6.45, 7) is -0.266. The SMILES string of the molecule is O=[N+]([O-])c1ccc(NCO)c(Cl)c1. The number of rotatable bonds is 3. The Labute approximate surface area is 79.1 Å². The van der Waals surface area contributed by atoms with Crippen molar-refractivity contribution in [3.8, 4) is 0 Å². The molecule has 0 spiro atoms. The number of hydrogen-bond acceptors (Lipinski definition) is 4. The van der Waals surface area contributed by atoms with Crippen LogP contribution in [0.3, 0.4) is 0 Å². The summed E-state index contributed by atoms with van der Waals surface area (Å²) in [4.78, 5) is 9.77. The van der Waals surface area contributed by atoms with Crippen molar-refractivity contribution >= 4 is 23.0 Å². The fraction of sp³-hybridized carbons (Fsp3) is 0.143. The van der Waals surface area contributed by atoms with E-state index in [0.29, 0.717) is 5.69 Å². The molecule has 0 bridgehead atoms. The van der Waals surface area contributed by atoms with Crippen LogP contribution in [0.2, 0.25) is 5.02 Å². The van der Waals surface area contributed by atoms with Crippen LogP contribution in [-0.4, -0.2) is 16.8 Å². The minimum atomic E-state index is -0.533. The van der Waals surface area contributed by atoms with E-state index in [-0.39, 0.29) is 17.4 Å². The van der Waals surface area contributed by atoms with Gasteiger partial charge in [0.1, 0.15) is 6.73 Å². The molecular weight excluding hydrogens is 196 g/mol. The monoisotopic (exact) mass is 202 g/mol. The van der Waals surface area contributed by atoms with Crippen molar-refractivity contribution < 1.29 is 10.0 Å². The van der Waals surface area contributed by atoms with Crippen LogP contribution in [0.5, 0.6) is 0 Å². The fourth-order valence-corrected chi connectivity index (χ4v) is 1.09. The zero-order valence-corrected chi connectivity index (χ0v) is 7.28. The Bertz CT molecular complexity index is 330. The molecule has 2 N–H and O–H groups in total. The number of hydrogen-bond donors (Lipinski definition) is 2. The number of nitro benzene ring substituents is 1. The lowest BCUT2D eigenvalue weighted by atomic mass is 10.3. The highest BCUT2D eigenvalue weighted by Gasteiger charge is 2.08. The second-order valence-corrected chi connectivity index (χ2v) is 2.66. The Hall–Kier alpha value is -1.33. The van der Waals surface area contributed by atoms with E-state index in [4.69, 9.17) is 16.7 Å². The van der Waals surface area contributed by atoms with Crippen molar-refractivity contribution in [2.75, 3.05) is 12.0 Å². The summed E-state index contributed by atoms with van der Waals surface area (Å²) in [5.41, 5.74) is 0.392. The fourth-order valence-electron chi connectivity index (χ4n) is 0.846. The summed E-state index contributed by atoms with van der Waals surface area (Å²) in [7, 11) is 0. The summed E-state index contributed by atoms with van der Waals surface area (Å²) in [5.74, 6) is 0. The molecule has 6 heteroatoms. The third kappa shape index (κ3) is 2.30. The number of nitrogens with zero attached hydrogens (tertiary/aromatic N) is 1. The second kappa shape index (κ2) is 4.06. The van der Waals surface area contributed by atoms with E-state index in [1.54, 1.807) is 0 Å². The normalized spacial score (nSPS) is 9.69. The van der Waals surface area contributed by atoms with E-state index >= 15 is 0 Å². The Morgan fingerprint density at radius 2 is 2.31 bits per heavy atom. The van der Waals surface area contributed by atoms with E-state index in [1.807, 2.05) is 0 Å². The van der Waals surface area contributed by atoms with Gasteiger partial charge < -0.3 is 10.4 Å². The van der Waals surface area contributed by atoms with E-state index in [2.05, 4.69) is 5.32 Å². The van der Waals surface area contributed by atoms with Gasteiger partial charge in [-0.3, -0.25) is 10.1 Å². The Morgan fingerprint density at radius 1 is 1.62 bits per heavy atom. The van der Waals surface area contributed by atoms with E-state index in [9.17, 15) is 10.1 Å². The molecule has 1 aromatic rings. The number of benzene rings is 1. The number of aliphatic hydroxyl groups is 1. The maximum absolute atomic E-state index is 10.3. The molecular formula is C7H7ClN2O3. The number of aliphatic hydroxyl groups excluding tert-OH is 1. The van der Waals surface area contributed by atoms with Crippen molar-refractivity contribution in [2.24, 2.45) is 0 Å². The van der Waals surface area contributed by atoms with E-state index in [0.717, 1.165) is 0 Å². The van der Waals surface area contributed by atoms with Gasteiger partial charge in [0.25, 0.3) is 5.69 Å². The van der Waals surface area contributed by atoms with Gasteiger partial charge in [-0.2, -0.15) is 0 Å². The molecule has 0 atom stereocenters. The summed E-state index contributed by atoms with van der Waals surface area (Å²) in [5, 5.41) is 21.6. The minimum absolute atomic E-state index is 0.0755. The summed E-state index contributed by atoms with van der Waals surface area (Å²) in [6.07, 6.45) is 0. The van der Waals surface area contributed by atoms with Gasteiger partial charge in [0.15, 0.2) is 0 Å². The minimum Gasteiger partial charge on any atom is -0.377 e. The number of nitrogens with one attached hydrogen (secondary N) is 1. The molecule has 0 aliphatic heterocycles. The number of nitro groups is 1. The summed E-state index contributed by atoms with van der Waals surface area (Å²) in [6, 6.07) is 3.97. The van der Waals surface area contributed by atoms with Crippen molar-refractivity contribution in [3.63, 3.8) is 0 Å². The number of halogens is 1. The van der Waals surface area contributed by atoms with Crippen LogP contribution < -0.4 is 5.32 Å². The van der Waals surface area contributed by atoms with Gasteiger partial charge >= 0.3 is 0 Å². The van der Waals surface area contributed by atoms with Gasteiger partial charge in [-0.1, -0.05) is 11.6 Å². The molecule has 0 aliphatic carbocycles. The third-order valence-electron chi connectivity index (χ3n) is 1.43. The molecule has 1 rings (SSSR count). The van der Waals surface area contributed by atoms with Crippen molar-refractivity contribution in [1.29, 1.82) is 0 Å². The lowest BCUT2D eigenvalue weighted by molar-refractivity contribution is -0.384. The van der Waals surface area contributed by atoms with Crippen molar-refractivity contribution in [2.45, 2.75) is 0 Å². The molecule has 0 aromatic heterocycles. The van der Waals surface area contributed by atoms with Gasteiger partial charge in [-0.25, -0.2) is 0 Å². The molecule has 13 heavy (non-hydrogen) atoms. The van der Waals surface area contributed by atoms with Crippen LogP contribution in [0.25, 0.3) is 0 Å². The van der Waals surface area contributed by atoms with Crippen LogP contribution in [0, 0.1) is 10.1 Å². The Balaban J connectivity index is 2.98. The summed E-state index contributed by atoms with van der Waals surface area (Å²) >= 11 is 5.67. The van der Waals surface area contributed by atoms with Crippen molar-refractivity contribution in [3.05, 3.63) is 33.3 Å². The smallest absolute Gasteiger partial charge is 0.271 e. The molecule has 0 fully saturated rings. The average Bonchev–Trinajstić information content (AvgIpc) is 2.08. The van der Waals surface area contributed by atoms with Crippen LogP contribution in [-0.2, 0) is 0 Å². The van der Waals surface area contributed by atoms with E-state index < -0.39 is 4.92 Å². The van der Waals surface area contributed by atoms with Crippen molar-refractivity contribution in [1.82, 2.24) is 0 Å². The van der Waals surface area contributed by atoms with Gasteiger partial charge in [-0.15, -0.1) is 0 Å². The maximum Gasteiger partial charge on any atom is 0.271 e. The molecule has 70 valence electrons.